The molecule has 0 N–H and O–H groups in total. The first-order valence-corrected chi connectivity index (χ1v) is 3.29. The maximum atomic E-state index is 3.20. The van der Waals surface area contributed by atoms with Gasteiger partial charge in [0.05, 0.1) is 0 Å². The molecule has 0 aromatic rings. The van der Waals surface area contributed by atoms with Crippen LogP contribution >= 0.6 is 0 Å². The van der Waals surface area contributed by atoms with Gasteiger partial charge in [-0.3, -0.25) is 0 Å². The van der Waals surface area contributed by atoms with Crippen LogP contribution < -0.4 is 0 Å². The molecule has 0 aliphatic heterocycles. The SMILES string of the molecule is C[C+]=C1CC(C)C1C. The summed E-state index contributed by atoms with van der Waals surface area (Å²) in [6.45, 7) is 6.59. The summed E-state index contributed by atoms with van der Waals surface area (Å²) >= 11 is 0. The van der Waals surface area contributed by atoms with Crippen molar-refractivity contribution in [2.24, 2.45) is 11.8 Å². The standard InChI is InChI=1S/C8H13/c1-4-8-5-6(2)7(8)3/h6-7H,5H2,1-3H3/q+1. The summed E-state index contributed by atoms with van der Waals surface area (Å²) < 4.78 is 0. The molecule has 2 unspecified atom stereocenters. The van der Waals surface area contributed by atoms with Gasteiger partial charge in [-0.15, -0.1) is 0 Å². The molecular weight excluding hydrogens is 96.1 g/mol. The first-order valence-electron chi connectivity index (χ1n) is 3.29. The van der Waals surface area contributed by atoms with Crippen molar-refractivity contribution in [3.05, 3.63) is 11.6 Å². The molecule has 8 heavy (non-hydrogen) atoms. The van der Waals surface area contributed by atoms with Gasteiger partial charge in [0.2, 0.25) is 6.08 Å². The largest absolute Gasteiger partial charge is 0.218 e. The Hall–Kier alpha value is -0.350. The van der Waals surface area contributed by atoms with Crippen molar-refractivity contribution in [2.45, 2.75) is 27.2 Å². The third-order valence-corrected chi connectivity index (χ3v) is 2.27. The van der Waals surface area contributed by atoms with Gasteiger partial charge in [-0.05, 0) is 5.92 Å². The fraction of sp³-hybridized carbons (Fsp3) is 0.750. The first-order chi connectivity index (χ1) is 3.75. The molecule has 0 radical (unpaired) electrons. The molecule has 1 aliphatic rings. The van der Waals surface area contributed by atoms with E-state index in [1.807, 2.05) is 6.92 Å². The topological polar surface area (TPSA) is 0 Å². The molecule has 2 atom stereocenters. The molecule has 0 spiro atoms. The van der Waals surface area contributed by atoms with Gasteiger partial charge in [-0.1, -0.05) is 13.8 Å². The number of rotatable bonds is 0. The van der Waals surface area contributed by atoms with Crippen LogP contribution in [0.1, 0.15) is 27.2 Å². The minimum atomic E-state index is 0.819. The van der Waals surface area contributed by atoms with Crippen LogP contribution in [0.4, 0.5) is 0 Å². The van der Waals surface area contributed by atoms with E-state index in [-0.39, 0.29) is 0 Å². The predicted octanol–water partition coefficient (Wildman–Crippen LogP) is 2.41. The molecule has 1 rings (SSSR count). The molecule has 1 fully saturated rings. The molecule has 44 valence electrons. The highest BCUT2D eigenvalue weighted by atomic mass is 14.3. The van der Waals surface area contributed by atoms with Gasteiger partial charge in [0.1, 0.15) is 0 Å². The van der Waals surface area contributed by atoms with Gasteiger partial charge in [0.15, 0.2) is 12.5 Å². The summed E-state index contributed by atoms with van der Waals surface area (Å²) in [5.41, 5.74) is 1.53. The van der Waals surface area contributed by atoms with Crippen molar-refractivity contribution in [3.8, 4) is 0 Å². The predicted molar refractivity (Wildman–Crippen MR) is 35.4 cm³/mol. The summed E-state index contributed by atoms with van der Waals surface area (Å²) in [7, 11) is 0. The zero-order valence-electron chi connectivity index (χ0n) is 5.86. The molecule has 0 bridgehead atoms. The minimum absolute atomic E-state index is 0.819. The molecule has 0 nitrogen and oxygen atoms in total. The summed E-state index contributed by atoms with van der Waals surface area (Å²) in [5, 5.41) is 0. The maximum absolute atomic E-state index is 3.20. The molecule has 0 aromatic carbocycles. The van der Waals surface area contributed by atoms with Crippen LogP contribution in [0.15, 0.2) is 5.57 Å². The normalized spacial score (nSPS) is 41.1. The van der Waals surface area contributed by atoms with Crippen LogP contribution in [0.2, 0.25) is 0 Å². The van der Waals surface area contributed by atoms with Gasteiger partial charge in [-0.2, -0.15) is 0 Å². The van der Waals surface area contributed by atoms with Crippen molar-refractivity contribution < 1.29 is 0 Å². The third kappa shape index (κ3) is 0.656. The van der Waals surface area contributed by atoms with E-state index in [4.69, 9.17) is 0 Å². The quantitative estimate of drug-likeness (QED) is 0.419. The molecule has 0 saturated heterocycles. The zero-order valence-corrected chi connectivity index (χ0v) is 5.86. The van der Waals surface area contributed by atoms with Crippen LogP contribution in [0.25, 0.3) is 0 Å². The van der Waals surface area contributed by atoms with Crippen molar-refractivity contribution in [1.82, 2.24) is 0 Å². The lowest BCUT2D eigenvalue weighted by atomic mass is 9.71. The second-order valence-electron chi connectivity index (χ2n) is 2.75. The molecule has 0 aromatic heterocycles. The lowest BCUT2D eigenvalue weighted by Crippen LogP contribution is -2.23. The number of allylic oxidation sites excluding steroid dienone is 2. The molecule has 1 aliphatic carbocycles. The van der Waals surface area contributed by atoms with E-state index in [1.54, 1.807) is 0 Å². The van der Waals surface area contributed by atoms with Crippen LogP contribution in [0, 0.1) is 17.9 Å². The van der Waals surface area contributed by atoms with Gasteiger partial charge in [0, 0.05) is 12.3 Å². The summed E-state index contributed by atoms with van der Waals surface area (Å²) in [6.07, 6.45) is 4.49. The molecule has 0 heteroatoms. The number of hydrogen-bond acceptors (Lipinski definition) is 0. The molecule has 0 heterocycles. The zero-order chi connectivity index (χ0) is 6.15. The lowest BCUT2D eigenvalue weighted by molar-refractivity contribution is 0.324. The van der Waals surface area contributed by atoms with E-state index >= 15 is 0 Å². The van der Waals surface area contributed by atoms with Crippen molar-refractivity contribution >= 4 is 0 Å². The van der Waals surface area contributed by atoms with Crippen LogP contribution in [-0.2, 0) is 0 Å². The van der Waals surface area contributed by atoms with Gasteiger partial charge in [-0.25, -0.2) is 0 Å². The van der Waals surface area contributed by atoms with E-state index < -0.39 is 0 Å². The fourth-order valence-corrected chi connectivity index (χ4v) is 1.22. The van der Waals surface area contributed by atoms with Crippen molar-refractivity contribution in [1.29, 1.82) is 0 Å². The Balaban J connectivity index is 2.48. The van der Waals surface area contributed by atoms with Gasteiger partial charge < -0.3 is 0 Å². The van der Waals surface area contributed by atoms with E-state index in [1.165, 1.54) is 12.0 Å². The van der Waals surface area contributed by atoms with Crippen LogP contribution in [-0.4, -0.2) is 0 Å². The van der Waals surface area contributed by atoms with Crippen LogP contribution in [0.3, 0.4) is 0 Å². The Bertz CT molecular complexity index is 111. The fourth-order valence-electron chi connectivity index (χ4n) is 1.22. The Morgan fingerprint density at radius 3 is 2.25 bits per heavy atom. The Morgan fingerprint density at radius 2 is 2.12 bits per heavy atom. The highest BCUT2D eigenvalue weighted by Crippen LogP contribution is 2.38. The summed E-state index contributed by atoms with van der Waals surface area (Å²) in [4.78, 5) is 0. The minimum Gasteiger partial charge on any atom is -0.0613 e. The lowest BCUT2D eigenvalue weighted by Gasteiger charge is -2.26. The van der Waals surface area contributed by atoms with Crippen molar-refractivity contribution in [2.75, 3.05) is 0 Å². The average Bonchev–Trinajstić information content (AvgIpc) is 1.81. The smallest absolute Gasteiger partial charge is 0.0613 e. The third-order valence-electron chi connectivity index (χ3n) is 2.27. The van der Waals surface area contributed by atoms with E-state index in [0.29, 0.717) is 0 Å². The summed E-state index contributed by atoms with van der Waals surface area (Å²) in [5.74, 6) is 1.73. The maximum Gasteiger partial charge on any atom is 0.218 e. The highest BCUT2D eigenvalue weighted by molar-refractivity contribution is 5.12. The highest BCUT2D eigenvalue weighted by Gasteiger charge is 2.35. The number of hydrogen-bond donors (Lipinski definition) is 0. The van der Waals surface area contributed by atoms with Crippen LogP contribution in [0.5, 0.6) is 0 Å². The average molecular weight is 109 g/mol. The van der Waals surface area contributed by atoms with Gasteiger partial charge >= 0.3 is 0 Å². The van der Waals surface area contributed by atoms with Gasteiger partial charge in [0.25, 0.3) is 0 Å². The second-order valence-corrected chi connectivity index (χ2v) is 2.75. The monoisotopic (exact) mass is 109 g/mol. The van der Waals surface area contributed by atoms with E-state index in [9.17, 15) is 0 Å². The molecule has 0 amide bonds. The summed E-state index contributed by atoms with van der Waals surface area (Å²) in [6, 6.07) is 0. The van der Waals surface area contributed by atoms with Crippen molar-refractivity contribution in [3.63, 3.8) is 0 Å². The Labute approximate surface area is 51.6 Å². The second kappa shape index (κ2) is 1.87. The molecule has 1 saturated carbocycles. The van der Waals surface area contributed by atoms with E-state index in [0.717, 1.165) is 11.8 Å². The van der Waals surface area contributed by atoms with E-state index in [2.05, 4.69) is 19.9 Å². The Morgan fingerprint density at radius 1 is 1.50 bits per heavy atom. The Kier molecular flexibility index (Phi) is 1.35. The first kappa shape index (κ1) is 5.78. The molecular formula is C8H13+.